The number of benzene rings is 1. The van der Waals surface area contributed by atoms with E-state index in [2.05, 4.69) is 23.7 Å². The highest BCUT2D eigenvalue weighted by Crippen LogP contribution is 2.18. The first-order valence-corrected chi connectivity index (χ1v) is 9.84. The number of halogens is 1. The second-order valence-corrected chi connectivity index (χ2v) is 7.36. The standard InChI is InChI=1S/C21H28ClN3O3/c1-4-28-20(26)12-23-21(27)25(13-16(2)3)15-18-9-7-11-24(18)14-17-8-5-6-10-19(17)22/h5-11,16H,4,12-15H2,1-3H3,(H,23,27). The summed E-state index contributed by atoms with van der Waals surface area (Å²) in [6.45, 7) is 7.63. The number of nitrogens with zero attached hydrogens (tertiary/aromatic N) is 2. The van der Waals surface area contributed by atoms with E-state index in [0.717, 1.165) is 11.3 Å². The van der Waals surface area contributed by atoms with Crippen LogP contribution in [0, 0.1) is 5.92 Å². The monoisotopic (exact) mass is 405 g/mol. The number of urea groups is 1. The van der Waals surface area contributed by atoms with Gasteiger partial charge in [-0.1, -0.05) is 43.6 Å². The SMILES string of the molecule is CCOC(=O)CNC(=O)N(Cc1cccn1Cc1ccccc1Cl)CC(C)C. The maximum Gasteiger partial charge on any atom is 0.325 e. The van der Waals surface area contributed by atoms with Crippen LogP contribution in [-0.2, 0) is 22.6 Å². The minimum absolute atomic E-state index is 0.137. The van der Waals surface area contributed by atoms with Crippen LogP contribution in [-0.4, -0.2) is 41.2 Å². The lowest BCUT2D eigenvalue weighted by atomic mass is 10.2. The van der Waals surface area contributed by atoms with Gasteiger partial charge in [0.25, 0.3) is 0 Å². The molecule has 1 aromatic carbocycles. The molecular weight excluding hydrogens is 378 g/mol. The molecule has 1 heterocycles. The van der Waals surface area contributed by atoms with Crippen LogP contribution in [0.15, 0.2) is 42.6 Å². The molecule has 0 aliphatic rings. The van der Waals surface area contributed by atoms with Crippen molar-refractivity contribution in [3.63, 3.8) is 0 Å². The Morgan fingerprint density at radius 3 is 2.64 bits per heavy atom. The number of carbonyl (C=O) groups excluding carboxylic acids is 2. The molecule has 0 aliphatic carbocycles. The number of esters is 1. The van der Waals surface area contributed by atoms with Gasteiger partial charge in [-0.05, 0) is 36.6 Å². The van der Waals surface area contributed by atoms with Crippen LogP contribution in [0.4, 0.5) is 4.79 Å². The Hall–Kier alpha value is -2.47. The van der Waals surface area contributed by atoms with E-state index in [0.29, 0.717) is 37.2 Å². The summed E-state index contributed by atoms with van der Waals surface area (Å²) in [5, 5.41) is 3.36. The summed E-state index contributed by atoms with van der Waals surface area (Å²) in [7, 11) is 0. The van der Waals surface area contributed by atoms with E-state index >= 15 is 0 Å². The highest BCUT2D eigenvalue weighted by atomic mass is 35.5. The van der Waals surface area contributed by atoms with E-state index in [1.54, 1.807) is 11.8 Å². The molecule has 0 saturated heterocycles. The zero-order valence-electron chi connectivity index (χ0n) is 16.7. The average Bonchev–Trinajstić information content (AvgIpc) is 3.08. The molecule has 2 aromatic rings. The number of hydrogen-bond donors (Lipinski definition) is 1. The van der Waals surface area contributed by atoms with Gasteiger partial charge in [0.15, 0.2) is 0 Å². The molecule has 0 spiro atoms. The van der Waals surface area contributed by atoms with Gasteiger partial charge in [-0.2, -0.15) is 0 Å². The van der Waals surface area contributed by atoms with Crippen molar-refractivity contribution in [1.82, 2.24) is 14.8 Å². The fourth-order valence-electron chi connectivity index (χ4n) is 2.88. The number of amides is 2. The van der Waals surface area contributed by atoms with Crippen LogP contribution in [0.2, 0.25) is 5.02 Å². The molecule has 0 unspecified atom stereocenters. The van der Waals surface area contributed by atoms with Gasteiger partial charge >= 0.3 is 12.0 Å². The van der Waals surface area contributed by atoms with Gasteiger partial charge in [-0.3, -0.25) is 4.79 Å². The van der Waals surface area contributed by atoms with E-state index in [1.165, 1.54) is 0 Å². The number of hydrogen-bond acceptors (Lipinski definition) is 3. The lowest BCUT2D eigenvalue weighted by molar-refractivity contribution is -0.141. The molecule has 1 N–H and O–H groups in total. The Morgan fingerprint density at radius 1 is 1.21 bits per heavy atom. The second kappa shape index (κ2) is 10.8. The topological polar surface area (TPSA) is 63.6 Å². The number of ether oxygens (including phenoxy) is 1. The summed E-state index contributed by atoms with van der Waals surface area (Å²) in [4.78, 5) is 25.9. The zero-order valence-corrected chi connectivity index (χ0v) is 17.4. The number of carbonyl (C=O) groups is 2. The second-order valence-electron chi connectivity index (χ2n) is 6.96. The predicted octanol–water partition coefficient (Wildman–Crippen LogP) is 3.92. The fourth-order valence-corrected chi connectivity index (χ4v) is 3.08. The summed E-state index contributed by atoms with van der Waals surface area (Å²) in [6, 6.07) is 11.4. The van der Waals surface area contributed by atoms with Crippen molar-refractivity contribution in [1.29, 1.82) is 0 Å². The Bertz CT molecular complexity index is 789. The Balaban J connectivity index is 2.08. The molecule has 0 fully saturated rings. The normalized spacial score (nSPS) is 10.8. The van der Waals surface area contributed by atoms with Gasteiger partial charge < -0.3 is 19.5 Å². The van der Waals surface area contributed by atoms with Crippen LogP contribution < -0.4 is 5.32 Å². The molecule has 0 aliphatic heterocycles. The zero-order chi connectivity index (χ0) is 20.5. The molecule has 0 saturated carbocycles. The molecule has 2 amide bonds. The minimum Gasteiger partial charge on any atom is -0.465 e. The number of rotatable bonds is 9. The first-order chi connectivity index (χ1) is 13.4. The maximum absolute atomic E-state index is 12.6. The molecule has 2 rings (SSSR count). The first-order valence-electron chi connectivity index (χ1n) is 9.46. The highest BCUT2D eigenvalue weighted by Gasteiger charge is 2.18. The Morgan fingerprint density at radius 2 is 1.96 bits per heavy atom. The summed E-state index contributed by atoms with van der Waals surface area (Å²) < 4.78 is 6.94. The van der Waals surface area contributed by atoms with Crippen molar-refractivity contribution < 1.29 is 14.3 Å². The summed E-state index contributed by atoms with van der Waals surface area (Å²) in [5.41, 5.74) is 2.01. The number of aromatic nitrogens is 1. The van der Waals surface area contributed by atoms with Gasteiger partial charge in [0, 0.05) is 30.0 Å². The molecule has 0 atom stereocenters. The van der Waals surface area contributed by atoms with Crippen molar-refractivity contribution in [3.05, 3.63) is 58.9 Å². The van der Waals surface area contributed by atoms with Crippen molar-refractivity contribution in [3.8, 4) is 0 Å². The van der Waals surface area contributed by atoms with Gasteiger partial charge in [-0.25, -0.2) is 4.79 Å². The first kappa shape index (κ1) is 21.8. The third-order valence-corrected chi connectivity index (χ3v) is 4.51. The molecule has 152 valence electrons. The van der Waals surface area contributed by atoms with E-state index in [4.69, 9.17) is 16.3 Å². The molecule has 0 radical (unpaired) electrons. The van der Waals surface area contributed by atoms with Crippen molar-refractivity contribution in [2.24, 2.45) is 5.92 Å². The van der Waals surface area contributed by atoms with Gasteiger partial charge in [0.05, 0.1) is 13.2 Å². The third kappa shape index (κ3) is 6.60. The smallest absolute Gasteiger partial charge is 0.325 e. The van der Waals surface area contributed by atoms with Crippen LogP contribution in [0.25, 0.3) is 0 Å². The third-order valence-electron chi connectivity index (χ3n) is 4.14. The quantitative estimate of drug-likeness (QED) is 0.643. The van der Waals surface area contributed by atoms with E-state index in [-0.39, 0.29) is 12.6 Å². The van der Waals surface area contributed by atoms with Crippen molar-refractivity contribution >= 4 is 23.6 Å². The Kier molecular flexibility index (Phi) is 8.39. The van der Waals surface area contributed by atoms with E-state index in [1.807, 2.05) is 42.6 Å². The van der Waals surface area contributed by atoms with Gasteiger partial charge in [0.2, 0.25) is 0 Å². The van der Waals surface area contributed by atoms with Crippen LogP contribution in [0.1, 0.15) is 32.0 Å². The molecule has 6 nitrogen and oxygen atoms in total. The number of nitrogens with one attached hydrogen (secondary N) is 1. The van der Waals surface area contributed by atoms with Gasteiger partial charge in [0.1, 0.15) is 6.54 Å². The fraction of sp³-hybridized carbons (Fsp3) is 0.429. The Labute approximate surface area is 171 Å². The highest BCUT2D eigenvalue weighted by molar-refractivity contribution is 6.31. The summed E-state index contributed by atoms with van der Waals surface area (Å²) >= 11 is 6.28. The molecule has 28 heavy (non-hydrogen) atoms. The maximum atomic E-state index is 12.6. The van der Waals surface area contributed by atoms with Crippen LogP contribution in [0.3, 0.4) is 0 Å². The van der Waals surface area contributed by atoms with Crippen molar-refractivity contribution in [2.45, 2.75) is 33.9 Å². The van der Waals surface area contributed by atoms with Crippen molar-refractivity contribution in [2.75, 3.05) is 19.7 Å². The largest absolute Gasteiger partial charge is 0.465 e. The molecular formula is C21H28ClN3O3. The predicted molar refractivity (Wildman–Crippen MR) is 110 cm³/mol. The molecule has 1 aromatic heterocycles. The lowest BCUT2D eigenvalue weighted by Crippen LogP contribution is -2.43. The summed E-state index contributed by atoms with van der Waals surface area (Å²) in [5.74, 6) is -0.150. The van der Waals surface area contributed by atoms with Crippen LogP contribution in [0.5, 0.6) is 0 Å². The van der Waals surface area contributed by atoms with Crippen LogP contribution >= 0.6 is 11.6 Å². The molecule has 7 heteroatoms. The average molecular weight is 406 g/mol. The molecule has 0 bridgehead atoms. The lowest BCUT2D eigenvalue weighted by Gasteiger charge is -2.25. The van der Waals surface area contributed by atoms with E-state index < -0.39 is 5.97 Å². The summed E-state index contributed by atoms with van der Waals surface area (Å²) in [6.07, 6.45) is 1.97. The van der Waals surface area contributed by atoms with E-state index in [9.17, 15) is 9.59 Å². The minimum atomic E-state index is -0.442. The van der Waals surface area contributed by atoms with Gasteiger partial charge in [-0.15, -0.1) is 0 Å².